The van der Waals surface area contributed by atoms with E-state index in [4.69, 9.17) is 14.2 Å². The van der Waals surface area contributed by atoms with Gasteiger partial charge in [-0.1, -0.05) is 25.0 Å². The van der Waals surface area contributed by atoms with Gasteiger partial charge >= 0.3 is 6.03 Å². The van der Waals surface area contributed by atoms with Crippen molar-refractivity contribution in [2.24, 2.45) is 5.92 Å². The molecule has 0 aromatic heterocycles. The van der Waals surface area contributed by atoms with E-state index < -0.39 is 0 Å². The van der Waals surface area contributed by atoms with E-state index in [0.29, 0.717) is 56.6 Å². The van der Waals surface area contributed by atoms with Crippen LogP contribution in [0.1, 0.15) is 43.2 Å². The van der Waals surface area contributed by atoms with E-state index >= 15 is 0 Å². The van der Waals surface area contributed by atoms with Crippen molar-refractivity contribution in [2.75, 3.05) is 58.5 Å². The molecule has 1 aliphatic carbocycles. The number of piperazine rings is 1. The molecule has 5 rings (SSSR count). The maximum absolute atomic E-state index is 13.6. The number of methoxy groups -OCH3 is 2. The predicted molar refractivity (Wildman–Crippen MR) is 155 cm³/mol. The fourth-order valence-electron chi connectivity index (χ4n) is 5.45. The lowest BCUT2D eigenvalue weighted by molar-refractivity contribution is -0.137. The first-order valence-electron chi connectivity index (χ1n) is 14.5. The van der Waals surface area contributed by atoms with Crippen LogP contribution in [0.25, 0.3) is 0 Å². The van der Waals surface area contributed by atoms with Gasteiger partial charge in [0, 0.05) is 43.5 Å². The molecule has 0 atom stereocenters. The molecule has 2 aliphatic heterocycles. The Bertz CT molecular complexity index is 1260. The minimum atomic E-state index is -0.139. The van der Waals surface area contributed by atoms with Crippen LogP contribution >= 0.6 is 0 Å². The van der Waals surface area contributed by atoms with Crippen molar-refractivity contribution in [3.05, 3.63) is 47.5 Å². The summed E-state index contributed by atoms with van der Waals surface area (Å²) in [5, 5.41) is 2.74. The maximum Gasteiger partial charge on any atom is 0.324 e. The summed E-state index contributed by atoms with van der Waals surface area (Å²) in [6.45, 7) is 3.34. The average Bonchev–Trinajstić information content (AvgIpc) is 3.81. The first-order valence-corrected chi connectivity index (χ1v) is 14.5. The average molecular weight is 565 g/mol. The van der Waals surface area contributed by atoms with Gasteiger partial charge in [-0.3, -0.25) is 14.5 Å². The Labute approximate surface area is 241 Å². The molecule has 2 aromatic rings. The largest absolute Gasteiger partial charge is 0.496 e. The van der Waals surface area contributed by atoms with Crippen molar-refractivity contribution in [2.45, 2.75) is 45.1 Å². The molecule has 10 heteroatoms. The molecule has 10 nitrogen and oxygen atoms in total. The number of hydrogen-bond acceptors (Lipinski definition) is 6. The van der Waals surface area contributed by atoms with Gasteiger partial charge in [-0.15, -0.1) is 0 Å². The maximum atomic E-state index is 13.6. The lowest BCUT2D eigenvalue weighted by atomic mass is 10.1. The van der Waals surface area contributed by atoms with Crippen LogP contribution in [-0.2, 0) is 22.6 Å². The molecule has 3 aliphatic rings. The van der Waals surface area contributed by atoms with E-state index in [9.17, 15) is 14.4 Å². The third-order valence-electron chi connectivity index (χ3n) is 7.94. The zero-order valence-electron chi connectivity index (χ0n) is 24.0. The number of nitrogens with one attached hydrogen (secondary N) is 1. The van der Waals surface area contributed by atoms with E-state index in [0.717, 1.165) is 35.6 Å². The summed E-state index contributed by atoms with van der Waals surface area (Å²) in [5.41, 5.74) is 2.45. The predicted octanol–water partition coefficient (Wildman–Crippen LogP) is 3.61. The Morgan fingerprint density at radius 3 is 2.56 bits per heavy atom. The van der Waals surface area contributed by atoms with Crippen LogP contribution in [-0.4, -0.2) is 81.2 Å². The van der Waals surface area contributed by atoms with Gasteiger partial charge in [-0.05, 0) is 48.9 Å². The Morgan fingerprint density at radius 1 is 0.976 bits per heavy atom. The van der Waals surface area contributed by atoms with Crippen molar-refractivity contribution in [1.29, 1.82) is 0 Å². The summed E-state index contributed by atoms with van der Waals surface area (Å²) in [6, 6.07) is 11.2. The quantitative estimate of drug-likeness (QED) is 0.396. The topological polar surface area (TPSA) is 101 Å². The van der Waals surface area contributed by atoms with Crippen molar-refractivity contribution >= 4 is 23.5 Å². The van der Waals surface area contributed by atoms with E-state index in [1.165, 1.54) is 19.3 Å². The second-order valence-electron chi connectivity index (χ2n) is 11.0. The molecule has 2 heterocycles. The molecule has 220 valence electrons. The molecule has 41 heavy (non-hydrogen) atoms. The normalized spacial score (nSPS) is 17.4. The van der Waals surface area contributed by atoms with Crippen LogP contribution in [0.5, 0.6) is 17.2 Å². The molecule has 4 amide bonds. The number of urea groups is 1. The fraction of sp³-hybridized carbons (Fsp3) is 0.516. The molecule has 2 saturated heterocycles. The number of anilines is 1. The number of carbonyl (C=O) groups excluding carboxylic acids is 3. The monoisotopic (exact) mass is 564 g/mol. The Kier molecular flexibility index (Phi) is 9.16. The van der Waals surface area contributed by atoms with Crippen LogP contribution in [0, 0.1) is 5.92 Å². The van der Waals surface area contributed by atoms with Crippen molar-refractivity contribution < 1.29 is 28.6 Å². The van der Waals surface area contributed by atoms with E-state index in [1.54, 1.807) is 24.0 Å². The molecule has 0 radical (unpaired) electrons. The van der Waals surface area contributed by atoms with E-state index in [2.05, 4.69) is 5.32 Å². The van der Waals surface area contributed by atoms with E-state index in [1.807, 2.05) is 41.3 Å². The first kappa shape index (κ1) is 28.6. The number of benzene rings is 2. The van der Waals surface area contributed by atoms with Gasteiger partial charge in [0.25, 0.3) is 0 Å². The Balaban J connectivity index is 1.23. The number of rotatable bonds is 12. The van der Waals surface area contributed by atoms with Crippen LogP contribution in [0.3, 0.4) is 0 Å². The Hall–Kier alpha value is -3.95. The lowest BCUT2D eigenvalue weighted by Gasteiger charge is -2.36. The van der Waals surface area contributed by atoms with Crippen molar-refractivity contribution in [1.82, 2.24) is 15.1 Å². The minimum Gasteiger partial charge on any atom is -0.496 e. The smallest absolute Gasteiger partial charge is 0.324 e. The molecular formula is C31H40N4O6. The van der Waals surface area contributed by atoms with Crippen molar-refractivity contribution in [3.8, 4) is 17.2 Å². The highest BCUT2D eigenvalue weighted by atomic mass is 16.5. The second-order valence-corrected chi connectivity index (χ2v) is 11.0. The zero-order valence-corrected chi connectivity index (χ0v) is 24.0. The van der Waals surface area contributed by atoms with Gasteiger partial charge in [-0.25, -0.2) is 4.79 Å². The van der Waals surface area contributed by atoms with Crippen LogP contribution < -0.4 is 24.4 Å². The minimum absolute atomic E-state index is 0.0780. The fourth-order valence-corrected chi connectivity index (χ4v) is 5.45. The van der Waals surface area contributed by atoms with Gasteiger partial charge in [0.2, 0.25) is 11.8 Å². The third-order valence-corrected chi connectivity index (χ3v) is 7.94. The van der Waals surface area contributed by atoms with Crippen LogP contribution in [0.15, 0.2) is 36.4 Å². The lowest BCUT2D eigenvalue weighted by Crippen LogP contribution is -2.50. The van der Waals surface area contributed by atoms with Gasteiger partial charge in [-0.2, -0.15) is 0 Å². The molecule has 1 saturated carbocycles. The van der Waals surface area contributed by atoms with Crippen LogP contribution in [0.2, 0.25) is 0 Å². The number of nitrogens with zero attached hydrogens (tertiary/aromatic N) is 3. The molecule has 0 spiro atoms. The third kappa shape index (κ3) is 7.23. The number of carbonyl (C=O) groups is 3. The van der Waals surface area contributed by atoms with Gasteiger partial charge < -0.3 is 29.3 Å². The standard InChI is InChI=1S/C31H40N4O6/c1-39-26-11-10-25(19-28(26)41-16-3-5-22-6-7-22)35-14-4-13-34(31(35)38)20-24-9-8-23(17-27(24)40-2)18-30(37)33-15-12-32-29(36)21-33/h8-11,17,19,22H,3-7,12-16,18,20-21H2,1-2H3,(H,32,36). The summed E-state index contributed by atoms with van der Waals surface area (Å²) >= 11 is 0. The molecule has 1 N–H and O–H groups in total. The highest BCUT2D eigenvalue weighted by Crippen LogP contribution is 2.36. The van der Waals surface area contributed by atoms with Crippen LogP contribution in [0.4, 0.5) is 10.5 Å². The highest BCUT2D eigenvalue weighted by molar-refractivity contribution is 5.93. The number of ether oxygens (including phenoxy) is 3. The first-order chi connectivity index (χ1) is 19.9. The molecule has 0 bridgehead atoms. The summed E-state index contributed by atoms with van der Waals surface area (Å²) in [5.74, 6) is 2.58. The molecule has 2 aromatic carbocycles. The number of hydrogen-bond donors (Lipinski definition) is 1. The summed E-state index contributed by atoms with van der Waals surface area (Å²) in [6.07, 6.45) is 5.89. The van der Waals surface area contributed by atoms with Gasteiger partial charge in [0.15, 0.2) is 11.5 Å². The zero-order chi connectivity index (χ0) is 28.8. The number of amides is 4. The molecule has 0 unspecified atom stereocenters. The van der Waals surface area contributed by atoms with E-state index in [-0.39, 0.29) is 30.8 Å². The summed E-state index contributed by atoms with van der Waals surface area (Å²) in [7, 11) is 3.22. The summed E-state index contributed by atoms with van der Waals surface area (Å²) < 4.78 is 17.2. The molecular weight excluding hydrogens is 524 g/mol. The SMILES string of the molecule is COc1cc(CC(=O)N2CCNC(=O)C2)ccc1CN1CCCN(c2ccc(OC)c(OCCCC3CC3)c2)C1=O. The second kappa shape index (κ2) is 13.1. The Morgan fingerprint density at radius 2 is 1.80 bits per heavy atom. The van der Waals surface area contributed by atoms with Gasteiger partial charge in [0.05, 0.1) is 40.3 Å². The van der Waals surface area contributed by atoms with Gasteiger partial charge in [0.1, 0.15) is 5.75 Å². The van der Waals surface area contributed by atoms with Crippen molar-refractivity contribution in [3.63, 3.8) is 0 Å². The summed E-state index contributed by atoms with van der Waals surface area (Å²) in [4.78, 5) is 43.2. The highest BCUT2D eigenvalue weighted by Gasteiger charge is 2.29. The molecule has 3 fully saturated rings.